The SMILES string of the molecule is CCn1c2ccccc2c2c3c(ccc21)C(=O)/C(=N/OC(C)=O)CO3. The van der Waals surface area contributed by atoms with Crippen LogP contribution in [0, 0.1) is 0 Å². The molecule has 0 atom stereocenters. The first-order chi connectivity index (χ1) is 12.1. The van der Waals surface area contributed by atoms with Gasteiger partial charge in [-0.1, -0.05) is 23.4 Å². The Balaban J connectivity index is 1.95. The Morgan fingerprint density at radius 2 is 2.04 bits per heavy atom. The van der Waals surface area contributed by atoms with Gasteiger partial charge in [0.1, 0.15) is 12.4 Å². The molecular weight excluding hydrogens is 320 g/mol. The lowest BCUT2D eigenvalue weighted by atomic mass is 10.00. The Kier molecular flexibility index (Phi) is 3.53. The second-order valence-electron chi connectivity index (χ2n) is 5.84. The van der Waals surface area contributed by atoms with Crippen molar-refractivity contribution in [3.05, 3.63) is 42.0 Å². The van der Waals surface area contributed by atoms with E-state index in [9.17, 15) is 9.59 Å². The zero-order chi connectivity index (χ0) is 17.6. The third-order valence-electron chi connectivity index (χ3n) is 4.35. The van der Waals surface area contributed by atoms with Gasteiger partial charge in [0.2, 0.25) is 5.78 Å². The molecule has 0 N–H and O–H groups in total. The zero-order valence-corrected chi connectivity index (χ0v) is 13.9. The number of aromatic nitrogens is 1. The van der Waals surface area contributed by atoms with Gasteiger partial charge in [0, 0.05) is 24.4 Å². The smallest absolute Gasteiger partial charge is 0.331 e. The molecule has 2 aromatic carbocycles. The Labute approximate surface area is 143 Å². The molecule has 25 heavy (non-hydrogen) atoms. The van der Waals surface area contributed by atoms with Gasteiger partial charge in [-0.15, -0.1) is 0 Å². The van der Waals surface area contributed by atoms with Crippen LogP contribution in [-0.4, -0.2) is 28.6 Å². The number of aryl methyl sites for hydroxylation is 1. The molecule has 0 radical (unpaired) electrons. The molecule has 1 aliphatic heterocycles. The predicted octanol–water partition coefficient (Wildman–Crippen LogP) is 3.31. The largest absolute Gasteiger partial charge is 0.485 e. The minimum Gasteiger partial charge on any atom is -0.485 e. The number of carbonyl (C=O) groups is 2. The van der Waals surface area contributed by atoms with Crippen LogP contribution in [0.2, 0.25) is 0 Å². The zero-order valence-electron chi connectivity index (χ0n) is 13.9. The molecule has 0 saturated heterocycles. The summed E-state index contributed by atoms with van der Waals surface area (Å²) in [5, 5.41) is 5.59. The molecule has 6 heteroatoms. The minimum atomic E-state index is -0.576. The molecule has 0 aliphatic carbocycles. The van der Waals surface area contributed by atoms with Crippen LogP contribution in [0.3, 0.4) is 0 Å². The van der Waals surface area contributed by atoms with Crippen molar-refractivity contribution >= 4 is 39.3 Å². The number of para-hydroxylation sites is 1. The van der Waals surface area contributed by atoms with E-state index in [-0.39, 0.29) is 18.1 Å². The van der Waals surface area contributed by atoms with E-state index in [0.29, 0.717) is 11.3 Å². The highest BCUT2D eigenvalue weighted by Gasteiger charge is 2.29. The topological polar surface area (TPSA) is 69.9 Å². The van der Waals surface area contributed by atoms with Gasteiger partial charge in [-0.3, -0.25) is 4.79 Å². The maximum Gasteiger partial charge on any atom is 0.331 e. The standard InChI is InChI=1S/C19H16N2O4/c1-3-21-15-7-5-4-6-12(15)17-16(21)9-8-13-18(23)14(10-24-19(13)17)20-25-11(2)22/h4-9H,3,10H2,1-2H3/b20-14+. The number of hydrogen-bond acceptors (Lipinski definition) is 5. The second kappa shape index (κ2) is 5.73. The van der Waals surface area contributed by atoms with Crippen molar-refractivity contribution in [3.8, 4) is 5.75 Å². The van der Waals surface area contributed by atoms with Crippen LogP contribution < -0.4 is 4.74 Å². The van der Waals surface area contributed by atoms with Crippen LogP contribution in [0.4, 0.5) is 0 Å². The van der Waals surface area contributed by atoms with E-state index in [1.165, 1.54) is 6.92 Å². The van der Waals surface area contributed by atoms with Crippen molar-refractivity contribution in [3.63, 3.8) is 0 Å². The molecule has 3 aromatic rings. The summed E-state index contributed by atoms with van der Waals surface area (Å²) in [6.45, 7) is 4.11. The van der Waals surface area contributed by atoms with E-state index in [4.69, 9.17) is 4.74 Å². The van der Waals surface area contributed by atoms with Crippen molar-refractivity contribution in [2.24, 2.45) is 5.16 Å². The maximum atomic E-state index is 12.7. The molecule has 0 fully saturated rings. The molecule has 0 unspecified atom stereocenters. The van der Waals surface area contributed by atoms with E-state index in [1.54, 1.807) is 6.07 Å². The highest BCUT2D eigenvalue weighted by atomic mass is 16.7. The van der Waals surface area contributed by atoms with Gasteiger partial charge in [-0.2, -0.15) is 0 Å². The van der Waals surface area contributed by atoms with Crippen LogP contribution in [0.5, 0.6) is 5.75 Å². The first kappa shape index (κ1) is 15.4. The van der Waals surface area contributed by atoms with Crippen molar-refractivity contribution < 1.29 is 19.2 Å². The number of fused-ring (bicyclic) bond motifs is 5. The van der Waals surface area contributed by atoms with Crippen molar-refractivity contribution in [2.45, 2.75) is 20.4 Å². The van der Waals surface area contributed by atoms with Gasteiger partial charge < -0.3 is 14.1 Å². The number of Topliss-reactive ketones (excluding diaryl/α,β-unsaturated/α-hetero) is 1. The average Bonchev–Trinajstić information content (AvgIpc) is 2.95. The van der Waals surface area contributed by atoms with E-state index in [0.717, 1.165) is 28.4 Å². The number of benzene rings is 2. The first-order valence-electron chi connectivity index (χ1n) is 8.07. The number of carbonyl (C=O) groups excluding carboxylic acids is 2. The highest BCUT2D eigenvalue weighted by Crippen LogP contribution is 2.39. The summed E-state index contributed by atoms with van der Waals surface area (Å²) in [5.41, 5.74) is 2.64. The van der Waals surface area contributed by atoms with Crippen LogP contribution in [0.1, 0.15) is 24.2 Å². The quantitative estimate of drug-likeness (QED) is 0.532. The number of oxime groups is 1. The van der Waals surface area contributed by atoms with E-state index in [1.807, 2.05) is 24.3 Å². The molecule has 0 spiro atoms. The number of ketones is 1. The summed E-state index contributed by atoms with van der Waals surface area (Å²) >= 11 is 0. The fourth-order valence-corrected chi connectivity index (χ4v) is 3.33. The maximum absolute atomic E-state index is 12.7. The summed E-state index contributed by atoms with van der Waals surface area (Å²) in [6, 6.07) is 11.7. The van der Waals surface area contributed by atoms with Crippen molar-refractivity contribution in [1.29, 1.82) is 0 Å². The summed E-state index contributed by atoms with van der Waals surface area (Å²) in [5.74, 6) is -0.294. The lowest BCUT2D eigenvalue weighted by molar-refractivity contribution is -0.140. The molecule has 6 nitrogen and oxygen atoms in total. The normalized spacial score (nSPS) is 15.4. The number of ether oxygens (including phenoxy) is 1. The number of hydrogen-bond donors (Lipinski definition) is 0. The monoisotopic (exact) mass is 336 g/mol. The van der Waals surface area contributed by atoms with Crippen molar-refractivity contribution in [1.82, 2.24) is 4.57 Å². The molecule has 126 valence electrons. The van der Waals surface area contributed by atoms with Gasteiger partial charge in [0.25, 0.3) is 0 Å². The lowest BCUT2D eigenvalue weighted by Crippen LogP contribution is -2.28. The Hall–Kier alpha value is -3.15. The summed E-state index contributed by atoms with van der Waals surface area (Å²) in [7, 11) is 0. The molecule has 2 heterocycles. The molecule has 1 aliphatic rings. The lowest BCUT2D eigenvalue weighted by Gasteiger charge is -2.18. The van der Waals surface area contributed by atoms with Crippen LogP contribution in [0.25, 0.3) is 21.8 Å². The fourth-order valence-electron chi connectivity index (χ4n) is 3.33. The Morgan fingerprint density at radius 3 is 2.80 bits per heavy atom. The van der Waals surface area contributed by atoms with Crippen LogP contribution >= 0.6 is 0 Å². The predicted molar refractivity (Wildman–Crippen MR) is 94.1 cm³/mol. The first-order valence-corrected chi connectivity index (χ1v) is 8.07. The molecule has 0 saturated carbocycles. The van der Waals surface area contributed by atoms with Gasteiger partial charge in [0.05, 0.1) is 16.5 Å². The number of nitrogens with zero attached hydrogens (tertiary/aromatic N) is 2. The minimum absolute atomic E-state index is 0.0239. The molecule has 0 bridgehead atoms. The highest BCUT2D eigenvalue weighted by molar-refractivity contribution is 6.48. The molecule has 1 aromatic heterocycles. The van der Waals surface area contributed by atoms with E-state index >= 15 is 0 Å². The summed E-state index contributed by atoms with van der Waals surface area (Å²) < 4.78 is 8.06. The summed E-state index contributed by atoms with van der Waals surface area (Å²) in [4.78, 5) is 28.2. The van der Waals surface area contributed by atoms with Gasteiger partial charge in [0.15, 0.2) is 5.71 Å². The molecule has 4 rings (SSSR count). The fraction of sp³-hybridized carbons (Fsp3) is 0.211. The Morgan fingerprint density at radius 1 is 1.24 bits per heavy atom. The molecular formula is C19H16N2O4. The summed E-state index contributed by atoms with van der Waals surface area (Å²) in [6.07, 6.45) is 0. The van der Waals surface area contributed by atoms with E-state index < -0.39 is 5.97 Å². The van der Waals surface area contributed by atoms with Crippen LogP contribution in [0.15, 0.2) is 41.6 Å². The van der Waals surface area contributed by atoms with Gasteiger partial charge >= 0.3 is 5.97 Å². The third-order valence-corrected chi connectivity index (χ3v) is 4.35. The average molecular weight is 336 g/mol. The Bertz CT molecular complexity index is 1060. The van der Waals surface area contributed by atoms with Crippen LogP contribution in [-0.2, 0) is 16.2 Å². The second-order valence-corrected chi connectivity index (χ2v) is 5.84. The number of rotatable bonds is 2. The third kappa shape index (κ3) is 2.29. The van der Waals surface area contributed by atoms with Gasteiger partial charge in [-0.05, 0) is 25.1 Å². The van der Waals surface area contributed by atoms with Crippen molar-refractivity contribution in [2.75, 3.05) is 6.61 Å². The molecule has 0 amide bonds. The van der Waals surface area contributed by atoms with Gasteiger partial charge in [-0.25, -0.2) is 4.79 Å². The van der Waals surface area contributed by atoms with E-state index in [2.05, 4.69) is 27.6 Å².